The van der Waals surface area contributed by atoms with Crippen molar-refractivity contribution in [3.63, 3.8) is 0 Å². The van der Waals surface area contributed by atoms with Crippen LogP contribution in [0.1, 0.15) is 0 Å². The van der Waals surface area contributed by atoms with Crippen molar-refractivity contribution in [1.82, 2.24) is 30.4 Å². The van der Waals surface area contributed by atoms with E-state index in [1.165, 1.54) is 0 Å². The van der Waals surface area contributed by atoms with Gasteiger partial charge in [0.1, 0.15) is 11.4 Å². The van der Waals surface area contributed by atoms with Crippen LogP contribution >= 0.6 is 0 Å². The molecule has 6 heteroatoms. The molecular weight excluding hydrogens is 336 g/mol. The van der Waals surface area contributed by atoms with Gasteiger partial charge in [-0.1, -0.05) is 48.5 Å². The van der Waals surface area contributed by atoms with Gasteiger partial charge in [0.15, 0.2) is 5.82 Å². The molecule has 0 aliphatic carbocycles. The Kier molecular flexibility index (Phi) is 2.79. The highest BCUT2D eigenvalue weighted by molar-refractivity contribution is 6.02. The van der Waals surface area contributed by atoms with Gasteiger partial charge >= 0.3 is 0 Å². The van der Waals surface area contributed by atoms with Crippen molar-refractivity contribution in [1.29, 1.82) is 0 Å². The second kappa shape index (κ2) is 5.28. The first-order chi connectivity index (χ1) is 13.4. The molecule has 0 spiro atoms. The summed E-state index contributed by atoms with van der Waals surface area (Å²) >= 11 is 0. The summed E-state index contributed by atoms with van der Waals surface area (Å²) in [5.74, 6) is 0.745. The Labute approximate surface area is 153 Å². The molecule has 27 heavy (non-hydrogen) atoms. The normalized spacial score (nSPS) is 11.7. The van der Waals surface area contributed by atoms with Crippen LogP contribution in [0, 0.1) is 0 Å². The van der Waals surface area contributed by atoms with Crippen molar-refractivity contribution in [3.8, 4) is 22.8 Å². The molecule has 0 aliphatic rings. The predicted octanol–water partition coefficient (Wildman–Crippen LogP) is 4.65. The Balaban J connectivity index is 1.60. The molecule has 6 aromatic rings. The van der Waals surface area contributed by atoms with Crippen molar-refractivity contribution < 1.29 is 0 Å². The highest BCUT2D eigenvalue weighted by Gasteiger charge is 2.16. The molecule has 3 heterocycles. The van der Waals surface area contributed by atoms with Gasteiger partial charge < -0.3 is 4.98 Å². The van der Waals surface area contributed by atoms with Gasteiger partial charge in [0.2, 0.25) is 0 Å². The molecule has 3 N–H and O–H groups in total. The summed E-state index contributed by atoms with van der Waals surface area (Å²) in [6, 6.07) is 22.3. The smallest absolute Gasteiger partial charge is 0.159 e. The third-order valence-electron chi connectivity index (χ3n) is 4.93. The molecule has 0 atom stereocenters. The minimum atomic E-state index is 0.745. The maximum Gasteiger partial charge on any atom is 0.159 e. The van der Waals surface area contributed by atoms with Crippen molar-refractivity contribution >= 4 is 32.8 Å². The fourth-order valence-corrected chi connectivity index (χ4v) is 3.65. The number of nitrogens with zero attached hydrogens (tertiary/aromatic N) is 3. The van der Waals surface area contributed by atoms with E-state index >= 15 is 0 Å². The lowest BCUT2D eigenvalue weighted by molar-refractivity contribution is 1.10. The van der Waals surface area contributed by atoms with Crippen LogP contribution in [0.25, 0.3) is 55.6 Å². The van der Waals surface area contributed by atoms with E-state index in [1.54, 1.807) is 0 Å². The first-order valence-electron chi connectivity index (χ1n) is 8.74. The van der Waals surface area contributed by atoms with E-state index in [1.807, 2.05) is 54.6 Å². The number of hydrogen-bond donors (Lipinski definition) is 3. The molecule has 3 aromatic carbocycles. The van der Waals surface area contributed by atoms with E-state index in [0.29, 0.717) is 0 Å². The molecule has 0 aliphatic heterocycles. The predicted molar refractivity (Wildman–Crippen MR) is 106 cm³/mol. The van der Waals surface area contributed by atoms with E-state index < -0.39 is 0 Å². The fraction of sp³-hybridized carbons (Fsp3) is 0. The van der Waals surface area contributed by atoms with E-state index in [0.717, 1.165) is 55.6 Å². The van der Waals surface area contributed by atoms with E-state index in [4.69, 9.17) is 4.98 Å². The van der Waals surface area contributed by atoms with E-state index in [9.17, 15) is 0 Å². The minimum absolute atomic E-state index is 0.745. The summed E-state index contributed by atoms with van der Waals surface area (Å²) in [5.41, 5.74) is 6.57. The van der Waals surface area contributed by atoms with Crippen molar-refractivity contribution in [3.05, 3.63) is 66.7 Å². The molecule has 0 amide bonds. The fourth-order valence-electron chi connectivity index (χ4n) is 3.65. The zero-order valence-electron chi connectivity index (χ0n) is 14.2. The third kappa shape index (κ3) is 2.04. The molecule has 0 radical (unpaired) electrons. The van der Waals surface area contributed by atoms with Crippen LogP contribution in [-0.2, 0) is 0 Å². The Hall–Kier alpha value is -3.93. The number of hydrogen-bond acceptors (Lipinski definition) is 3. The summed E-state index contributed by atoms with van der Waals surface area (Å²) in [6.07, 6.45) is 0. The van der Waals surface area contributed by atoms with Gasteiger partial charge in [0.05, 0.1) is 22.1 Å². The van der Waals surface area contributed by atoms with Crippen LogP contribution in [0.5, 0.6) is 0 Å². The molecule has 0 bridgehead atoms. The number of aromatic amines is 3. The molecule has 0 unspecified atom stereocenters. The topological polar surface area (TPSA) is 86.0 Å². The second-order valence-corrected chi connectivity index (χ2v) is 6.52. The second-order valence-electron chi connectivity index (χ2n) is 6.52. The number of benzene rings is 3. The van der Waals surface area contributed by atoms with E-state index in [2.05, 4.69) is 37.5 Å². The first-order valence-corrected chi connectivity index (χ1v) is 8.74. The lowest BCUT2D eigenvalue weighted by atomic mass is 10.1. The van der Waals surface area contributed by atoms with Crippen LogP contribution in [0.4, 0.5) is 0 Å². The number of aromatic nitrogens is 6. The number of nitrogens with one attached hydrogen (secondary N) is 3. The van der Waals surface area contributed by atoms with Gasteiger partial charge in [-0.3, -0.25) is 10.2 Å². The summed E-state index contributed by atoms with van der Waals surface area (Å²) in [6.45, 7) is 0. The minimum Gasteiger partial charge on any atom is -0.337 e. The van der Waals surface area contributed by atoms with Crippen molar-refractivity contribution in [2.75, 3.05) is 0 Å². The lowest BCUT2D eigenvalue weighted by Crippen LogP contribution is -1.83. The van der Waals surface area contributed by atoms with Crippen LogP contribution in [0.15, 0.2) is 66.7 Å². The van der Waals surface area contributed by atoms with Gasteiger partial charge in [0, 0.05) is 16.3 Å². The monoisotopic (exact) mass is 350 g/mol. The van der Waals surface area contributed by atoms with E-state index in [-0.39, 0.29) is 0 Å². The summed E-state index contributed by atoms with van der Waals surface area (Å²) < 4.78 is 0. The summed E-state index contributed by atoms with van der Waals surface area (Å²) in [4.78, 5) is 8.29. The number of imidazole rings is 1. The first kappa shape index (κ1) is 14.3. The average molecular weight is 350 g/mol. The SMILES string of the molecule is c1ccc2c(-c3nc4c(-c5n[nH]c6ccccc56)cccc4[nH]3)n[nH]c2c1. The maximum atomic E-state index is 4.88. The number of H-pyrrole nitrogens is 3. The Morgan fingerprint density at radius 2 is 1.22 bits per heavy atom. The Morgan fingerprint density at radius 3 is 2.00 bits per heavy atom. The molecule has 0 fully saturated rings. The Bertz CT molecular complexity index is 1440. The van der Waals surface area contributed by atoms with Crippen LogP contribution in [0.2, 0.25) is 0 Å². The molecule has 128 valence electrons. The van der Waals surface area contributed by atoms with Gasteiger partial charge in [0.25, 0.3) is 0 Å². The molecular formula is C21H14N6. The van der Waals surface area contributed by atoms with Crippen LogP contribution < -0.4 is 0 Å². The van der Waals surface area contributed by atoms with Gasteiger partial charge in [-0.05, 0) is 18.2 Å². The average Bonchev–Trinajstić information content (AvgIpc) is 3.43. The molecule has 0 saturated carbocycles. The van der Waals surface area contributed by atoms with Crippen molar-refractivity contribution in [2.24, 2.45) is 0 Å². The van der Waals surface area contributed by atoms with Gasteiger partial charge in [-0.25, -0.2) is 4.98 Å². The molecule has 6 rings (SSSR count). The number of fused-ring (bicyclic) bond motifs is 3. The third-order valence-corrected chi connectivity index (χ3v) is 4.93. The lowest BCUT2D eigenvalue weighted by Gasteiger charge is -1.99. The molecule has 0 saturated heterocycles. The van der Waals surface area contributed by atoms with Crippen LogP contribution in [-0.4, -0.2) is 30.4 Å². The zero-order valence-corrected chi connectivity index (χ0v) is 14.2. The summed E-state index contributed by atoms with van der Waals surface area (Å²) in [5, 5.41) is 17.3. The highest BCUT2D eigenvalue weighted by atomic mass is 15.1. The highest BCUT2D eigenvalue weighted by Crippen LogP contribution is 2.33. The number of rotatable bonds is 2. The summed E-state index contributed by atoms with van der Waals surface area (Å²) in [7, 11) is 0. The molecule has 6 nitrogen and oxygen atoms in total. The van der Waals surface area contributed by atoms with Gasteiger partial charge in [-0.2, -0.15) is 10.2 Å². The van der Waals surface area contributed by atoms with Crippen molar-refractivity contribution in [2.45, 2.75) is 0 Å². The van der Waals surface area contributed by atoms with Gasteiger partial charge in [-0.15, -0.1) is 0 Å². The van der Waals surface area contributed by atoms with Crippen LogP contribution in [0.3, 0.4) is 0 Å². The standard InChI is InChI=1S/C21H14N6/c1-3-9-15-12(6-1)18(26-24-15)14-8-5-11-17-19(14)23-21(22-17)20-13-7-2-4-10-16(13)25-27-20/h1-11H,(H,22,23)(H,24,26)(H,25,27). The maximum absolute atomic E-state index is 4.88. The largest absolute Gasteiger partial charge is 0.337 e. The zero-order chi connectivity index (χ0) is 17.8. The Morgan fingerprint density at radius 1 is 0.593 bits per heavy atom. The quantitative estimate of drug-likeness (QED) is 0.425. The molecule has 3 aromatic heterocycles. The number of para-hydroxylation sites is 3.